The van der Waals surface area contributed by atoms with Gasteiger partial charge in [-0.1, -0.05) is 42.5 Å². The van der Waals surface area contributed by atoms with E-state index in [9.17, 15) is 9.59 Å². The first-order valence-corrected chi connectivity index (χ1v) is 11.7. The maximum absolute atomic E-state index is 13.4. The Hall–Kier alpha value is -2.95. The van der Waals surface area contributed by atoms with Gasteiger partial charge < -0.3 is 10.2 Å². The van der Waals surface area contributed by atoms with Gasteiger partial charge in [0.15, 0.2) is 0 Å². The Kier molecular flexibility index (Phi) is 6.73. The van der Waals surface area contributed by atoms with Crippen LogP contribution in [-0.4, -0.2) is 40.8 Å². The number of benzene rings is 1. The fraction of sp³-hybridized carbons (Fsp3) is 0.444. The minimum Gasteiger partial charge on any atom is -0.353 e. The fourth-order valence-corrected chi connectivity index (χ4v) is 4.95. The summed E-state index contributed by atoms with van der Waals surface area (Å²) in [6.45, 7) is 5.11. The molecular weight excluding hydrogens is 398 g/mol. The number of hydrogen-bond donors (Lipinski definition) is 1. The first-order chi connectivity index (χ1) is 15.5. The molecule has 4 rings (SSSR count). The van der Waals surface area contributed by atoms with E-state index in [4.69, 9.17) is 0 Å². The topological polar surface area (TPSA) is 62.3 Å². The summed E-state index contributed by atoms with van der Waals surface area (Å²) in [6.07, 6.45) is 11.9. The van der Waals surface area contributed by atoms with Gasteiger partial charge in [-0.3, -0.25) is 14.6 Å². The number of hydrogen-bond acceptors (Lipinski definition) is 3. The van der Waals surface area contributed by atoms with Crippen LogP contribution in [0.5, 0.6) is 0 Å². The Morgan fingerprint density at radius 3 is 2.75 bits per heavy atom. The Morgan fingerprint density at radius 2 is 2.03 bits per heavy atom. The average Bonchev–Trinajstić information content (AvgIpc) is 3.25. The summed E-state index contributed by atoms with van der Waals surface area (Å²) >= 11 is 0. The molecule has 2 atom stereocenters. The minimum absolute atomic E-state index is 0.0536. The van der Waals surface area contributed by atoms with Crippen molar-refractivity contribution in [3.63, 3.8) is 0 Å². The molecule has 32 heavy (non-hydrogen) atoms. The number of likely N-dealkylation sites (tertiary alicyclic amines) is 1. The second-order valence-corrected chi connectivity index (χ2v) is 9.52. The number of amides is 2. The van der Waals surface area contributed by atoms with E-state index in [1.807, 2.05) is 43.1 Å². The normalized spacial score (nSPS) is 22.8. The zero-order valence-electron chi connectivity index (χ0n) is 19.1. The van der Waals surface area contributed by atoms with E-state index in [1.54, 1.807) is 6.20 Å². The molecule has 1 aromatic heterocycles. The van der Waals surface area contributed by atoms with Gasteiger partial charge in [0.1, 0.15) is 0 Å². The van der Waals surface area contributed by atoms with E-state index in [0.717, 1.165) is 36.0 Å². The van der Waals surface area contributed by atoms with Crippen LogP contribution in [0.3, 0.4) is 0 Å². The first kappa shape index (κ1) is 22.3. The molecule has 2 heterocycles. The summed E-state index contributed by atoms with van der Waals surface area (Å²) in [5, 5.41) is 3.13. The Balaban J connectivity index is 1.57. The molecule has 1 aliphatic carbocycles. The molecule has 2 aromatic rings. The lowest BCUT2D eigenvalue weighted by atomic mass is 9.79. The monoisotopic (exact) mass is 431 g/mol. The van der Waals surface area contributed by atoms with Crippen molar-refractivity contribution in [1.29, 1.82) is 0 Å². The molecule has 0 spiro atoms. The first-order valence-electron chi connectivity index (χ1n) is 11.7. The van der Waals surface area contributed by atoms with Crippen LogP contribution in [0.25, 0.3) is 11.1 Å². The van der Waals surface area contributed by atoms with Gasteiger partial charge in [0.25, 0.3) is 0 Å². The number of rotatable bonds is 6. The molecule has 2 amide bonds. The Bertz CT molecular complexity index is 985. The predicted molar refractivity (Wildman–Crippen MR) is 127 cm³/mol. The number of carbonyl (C=O) groups is 2. The number of nitrogens with one attached hydrogen (secondary N) is 1. The lowest BCUT2D eigenvalue weighted by Gasteiger charge is -2.30. The largest absolute Gasteiger partial charge is 0.353 e. The molecule has 0 saturated carbocycles. The number of aromatic nitrogens is 1. The molecule has 1 N–H and O–H groups in total. The fourth-order valence-electron chi connectivity index (χ4n) is 4.95. The van der Waals surface area contributed by atoms with Crippen molar-refractivity contribution in [2.24, 2.45) is 11.3 Å². The lowest BCUT2D eigenvalue weighted by Crippen LogP contribution is -2.47. The van der Waals surface area contributed by atoms with Crippen LogP contribution in [0.2, 0.25) is 0 Å². The number of pyridine rings is 1. The van der Waals surface area contributed by atoms with Crippen molar-refractivity contribution in [2.75, 3.05) is 13.1 Å². The van der Waals surface area contributed by atoms with E-state index in [2.05, 4.69) is 40.7 Å². The lowest BCUT2D eigenvalue weighted by molar-refractivity contribution is -0.136. The average molecular weight is 432 g/mol. The van der Waals surface area contributed by atoms with Crippen LogP contribution in [0, 0.1) is 11.3 Å². The van der Waals surface area contributed by atoms with Gasteiger partial charge >= 0.3 is 0 Å². The Labute approximate surface area is 190 Å². The van der Waals surface area contributed by atoms with E-state index in [-0.39, 0.29) is 23.8 Å². The van der Waals surface area contributed by atoms with Crippen LogP contribution < -0.4 is 5.32 Å². The van der Waals surface area contributed by atoms with E-state index in [0.29, 0.717) is 25.9 Å². The van der Waals surface area contributed by atoms with Gasteiger partial charge in [-0.25, -0.2) is 0 Å². The molecule has 1 aromatic carbocycles. The van der Waals surface area contributed by atoms with Crippen LogP contribution in [0.15, 0.2) is 60.9 Å². The summed E-state index contributed by atoms with van der Waals surface area (Å²) < 4.78 is 0. The van der Waals surface area contributed by atoms with Gasteiger partial charge in [0.05, 0.1) is 5.41 Å². The smallest absolute Gasteiger partial charge is 0.228 e. The van der Waals surface area contributed by atoms with Crippen LogP contribution >= 0.6 is 0 Å². The van der Waals surface area contributed by atoms with Crippen LogP contribution in [-0.2, 0) is 16.0 Å². The summed E-state index contributed by atoms with van der Waals surface area (Å²) in [7, 11) is 0. The van der Waals surface area contributed by atoms with Crippen molar-refractivity contribution in [3.8, 4) is 11.1 Å². The molecule has 5 heteroatoms. The number of carbonyl (C=O) groups excluding carboxylic acids is 2. The van der Waals surface area contributed by atoms with Gasteiger partial charge in [0, 0.05) is 37.4 Å². The maximum atomic E-state index is 13.4. The predicted octanol–water partition coefficient (Wildman–Crippen LogP) is 4.39. The van der Waals surface area contributed by atoms with Crippen molar-refractivity contribution >= 4 is 11.8 Å². The second-order valence-electron chi connectivity index (χ2n) is 9.52. The molecule has 1 aliphatic heterocycles. The zero-order chi connectivity index (χ0) is 22.6. The highest BCUT2D eigenvalue weighted by Crippen LogP contribution is 2.37. The highest BCUT2D eigenvalue weighted by atomic mass is 16.2. The third-order valence-electron chi connectivity index (χ3n) is 6.65. The molecule has 2 aliphatic rings. The van der Waals surface area contributed by atoms with Gasteiger partial charge in [-0.05, 0) is 68.7 Å². The van der Waals surface area contributed by atoms with Crippen LogP contribution in [0.1, 0.15) is 45.1 Å². The molecule has 0 radical (unpaired) electrons. The molecular formula is C27H33N3O2. The van der Waals surface area contributed by atoms with E-state index >= 15 is 0 Å². The SMILES string of the molecule is CC(C)NC(=O)[C@@]1(Cc2cccc(-c3cccnc3)c2)CCN(C(=O)[C@@H]2CC=CCC2)C1. The molecule has 0 unspecified atom stereocenters. The standard InChI is InChI=1S/C27H33N3O2/c1-20(2)29-26(32)27(13-15-30(19-27)25(31)22-9-4-3-5-10-22)17-21-8-6-11-23(16-21)24-12-7-14-28-18-24/h3-4,6-8,11-12,14,16,18,20,22H,5,9-10,13,15,17,19H2,1-2H3,(H,29,32)/t22-,27-/m1/s1. The molecule has 168 valence electrons. The summed E-state index contributed by atoms with van der Waals surface area (Å²) in [5.41, 5.74) is 2.66. The minimum atomic E-state index is -0.599. The van der Waals surface area contributed by atoms with Crippen LogP contribution in [0.4, 0.5) is 0 Å². The summed E-state index contributed by atoms with van der Waals surface area (Å²) in [6, 6.07) is 12.4. The van der Waals surface area contributed by atoms with Crippen molar-refractivity contribution in [3.05, 3.63) is 66.5 Å². The van der Waals surface area contributed by atoms with Gasteiger partial charge in [0.2, 0.25) is 11.8 Å². The quantitative estimate of drug-likeness (QED) is 0.690. The third-order valence-corrected chi connectivity index (χ3v) is 6.65. The Morgan fingerprint density at radius 1 is 1.19 bits per heavy atom. The molecule has 5 nitrogen and oxygen atoms in total. The van der Waals surface area contributed by atoms with Gasteiger partial charge in [-0.2, -0.15) is 0 Å². The van der Waals surface area contributed by atoms with E-state index < -0.39 is 5.41 Å². The highest BCUT2D eigenvalue weighted by molar-refractivity contribution is 5.86. The van der Waals surface area contributed by atoms with E-state index in [1.165, 1.54) is 0 Å². The number of nitrogens with zero attached hydrogens (tertiary/aromatic N) is 2. The number of allylic oxidation sites excluding steroid dienone is 2. The summed E-state index contributed by atoms with van der Waals surface area (Å²) in [4.78, 5) is 32.8. The second kappa shape index (κ2) is 9.68. The molecule has 1 saturated heterocycles. The zero-order valence-corrected chi connectivity index (χ0v) is 19.1. The van der Waals surface area contributed by atoms with Crippen molar-refractivity contribution < 1.29 is 9.59 Å². The van der Waals surface area contributed by atoms with Gasteiger partial charge in [-0.15, -0.1) is 0 Å². The molecule has 0 bridgehead atoms. The third kappa shape index (κ3) is 4.93. The van der Waals surface area contributed by atoms with Crippen molar-refractivity contribution in [1.82, 2.24) is 15.2 Å². The maximum Gasteiger partial charge on any atom is 0.228 e. The van der Waals surface area contributed by atoms with Crippen molar-refractivity contribution in [2.45, 2.75) is 52.0 Å². The highest BCUT2D eigenvalue weighted by Gasteiger charge is 2.46. The summed E-state index contributed by atoms with van der Waals surface area (Å²) in [5.74, 6) is 0.314. The molecule has 1 fully saturated rings.